The molecule has 0 spiro atoms. The summed E-state index contributed by atoms with van der Waals surface area (Å²) in [6, 6.07) is 3.78. The van der Waals surface area contributed by atoms with Gasteiger partial charge < -0.3 is 19.8 Å². The lowest BCUT2D eigenvalue weighted by Crippen LogP contribution is -2.00. The zero-order valence-electron chi connectivity index (χ0n) is 12.3. The van der Waals surface area contributed by atoms with Gasteiger partial charge in [0.2, 0.25) is 0 Å². The molecule has 5 nitrogen and oxygen atoms in total. The molecule has 1 heterocycles. The van der Waals surface area contributed by atoms with Gasteiger partial charge in [-0.05, 0) is 40.9 Å². The SMILES string of the molecule is COc1cc(Br)c(-c2nc(C3CC3)n(C)c2N)cc1OC. The van der Waals surface area contributed by atoms with E-state index in [0.717, 1.165) is 21.6 Å². The first-order valence-corrected chi connectivity index (χ1v) is 7.60. The Morgan fingerprint density at radius 2 is 1.86 bits per heavy atom. The quantitative estimate of drug-likeness (QED) is 0.917. The van der Waals surface area contributed by atoms with Crippen LogP contribution in [0.25, 0.3) is 11.3 Å². The molecule has 112 valence electrons. The Bertz CT molecular complexity index is 693. The highest BCUT2D eigenvalue weighted by atomic mass is 79.9. The summed E-state index contributed by atoms with van der Waals surface area (Å²) in [7, 11) is 5.20. The number of anilines is 1. The Kier molecular flexibility index (Phi) is 3.57. The van der Waals surface area contributed by atoms with Crippen molar-refractivity contribution in [2.45, 2.75) is 18.8 Å². The summed E-state index contributed by atoms with van der Waals surface area (Å²) in [5, 5.41) is 0. The van der Waals surface area contributed by atoms with Gasteiger partial charge in [-0.25, -0.2) is 4.98 Å². The summed E-state index contributed by atoms with van der Waals surface area (Å²) in [5.74, 6) is 3.61. The van der Waals surface area contributed by atoms with E-state index in [0.29, 0.717) is 23.2 Å². The largest absolute Gasteiger partial charge is 0.493 e. The molecule has 6 heteroatoms. The zero-order chi connectivity index (χ0) is 15.1. The number of imidazole rings is 1. The van der Waals surface area contributed by atoms with E-state index in [1.807, 2.05) is 23.7 Å². The van der Waals surface area contributed by atoms with Crippen molar-refractivity contribution in [3.8, 4) is 22.8 Å². The van der Waals surface area contributed by atoms with Crippen molar-refractivity contribution in [2.75, 3.05) is 20.0 Å². The fourth-order valence-corrected chi connectivity index (χ4v) is 2.98. The zero-order valence-corrected chi connectivity index (χ0v) is 13.9. The maximum Gasteiger partial charge on any atom is 0.161 e. The molecule has 0 unspecified atom stereocenters. The highest BCUT2D eigenvalue weighted by molar-refractivity contribution is 9.10. The van der Waals surface area contributed by atoms with Crippen LogP contribution in [0.15, 0.2) is 16.6 Å². The first-order valence-electron chi connectivity index (χ1n) is 6.80. The third-order valence-electron chi connectivity index (χ3n) is 3.84. The second-order valence-electron chi connectivity index (χ2n) is 5.22. The Morgan fingerprint density at radius 3 is 2.43 bits per heavy atom. The summed E-state index contributed by atoms with van der Waals surface area (Å²) in [6.45, 7) is 0. The number of hydrogen-bond acceptors (Lipinski definition) is 4. The van der Waals surface area contributed by atoms with E-state index >= 15 is 0 Å². The van der Waals surface area contributed by atoms with E-state index in [1.54, 1.807) is 14.2 Å². The molecule has 0 amide bonds. The lowest BCUT2D eigenvalue weighted by Gasteiger charge is -2.11. The first kappa shape index (κ1) is 14.3. The summed E-state index contributed by atoms with van der Waals surface area (Å²) in [6.07, 6.45) is 2.38. The van der Waals surface area contributed by atoms with Crippen LogP contribution in [0, 0.1) is 0 Å². The minimum Gasteiger partial charge on any atom is -0.493 e. The Hall–Kier alpha value is -1.69. The smallest absolute Gasteiger partial charge is 0.161 e. The van der Waals surface area contributed by atoms with Crippen LogP contribution in [-0.4, -0.2) is 23.8 Å². The van der Waals surface area contributed by atoms with E-state index in [-0.39, 0.29) is 0 Å². The second-order valence-corrected chi connectivity index (χ2v) is 6.08. The van der Waals surface area contributed by atoms with Gasteiger partial charge >= 0.3 is 0 Å². The van der Waals surface area contributed by atoms with Crippen molar-refractivity contribution in [1.82, 2.24) is 9.55 Å². The minimum atomic E-state index is 0.546. The third-order valence-corrected chi connectivity index (χ3v) is 4.50. The van der Waals surface area contributed by atoms with Crippen LogP contribution in [0.2, 0.25) is 0 Å². The van der Waals surface area contributed by atoms with Gasteiger partial charge in [0.25, 0.3) is 0 Å². The molecular formula is C15H18BrN3O2. The van der Waals surface area contributed by atoms with Crippen molar-refractivity contribution in [3.63, 3.8) is 0 Å². The average molecular weight is 352 g/mol. The van der Waals surface area contributed by atoms with Crippen LogP contribution in [0.5, 0.6) is 11.5 Å². The van der Waals surface area contributed by atoms with Crippen LogP contribution in [0.3, 0.4) is 0 Å². The van der Waals surface area contributed by atoms with Gasteiger partial charge in [-0.3, -0.25) is 0 Å². The lowest BCUT2D eigenvalue weighted by molar-refractivity contribution is 0.355. The lowest BCUT2D eigenvalue weighted by atomic mass is 10.1. The highest BCUT2D eigenvalue weighted by Gasteiger charge is 2.30. The number of halogens is 1. The molecule has 1 saturated carbocycles. The molecule has 1 aliphatic rings. The summed E-state index contributed by atoms with van der Waals surface area (Å²) in [5.41, 5.74) is 7.93. The minimum absolute atomic E-state index is 0.546. The molecule has 0 atom stereocenters. The number of methoxy groups -OCH3 is 2. The average Bonchev–Trinajstić information content (AvgIpc) is 3.28. The summed E-state index contributed by atoms with van der Waals surface area (Å²) < 4.78 is 13.5. The van der Waals surface area contributed by atoms with Crippen LogP contribution >= 0.6 is 15.9 Å². The molecule has 2 aromatic rings. The maximum atomic E-state index is 6.24. The van der Waals surface area contributed by atoms with Crippen molar-refractivity contribution < 1.29 is 9.47 Å². The molecule has 0 radical (unpaired) electrons. The molecule has 1 aromatic heterocycles. The molecule has 0 aliphatic heterocycles. The fraction of sp³-hybridized carbons (Fsp3) is 0.400. The van der Waals surface area contributed by atoms with Crippen molar-refractivity contribution in [3.05, 3.63) is 22.4 Å². The predicted molar refractivity (Wildman–Crippen MR) is 85.8 cm³/mol. The molecule has 21 heavy (non-hydrogen) atoms. The Morgan fingerprint density at radius 1 is 1.24 bits per heavy atom. The number of nitrogens with zero attached hydrogens (tertiary/aromatic N) is 2. The van der Waals surface area contributed by atoms with Gasteiger partial charge in [0.15, 0.2) is 11.5 Å². The maximum absolute atomic E-state index is 6.24. The second kappa shape index (κ2) is 5.26. The van der Waals surface area contributed by atoms with E-state index in [2.05, 4.69) is 15.9 Å². The van der Waals surface area contributed by atoms with Gasteiger partial charge in [-0.15, -0.1) is 0 Å². The molecule has 3 rings (SSSR count). The molecule has 2 N–H and O–H groups in total. The topological polar surface area (TPSA) is 62.3 Å². The monoisotopic (exact) mass is 351 g/mol. The summed E-state index contributed by atoms with van der Waals surface area (Å²) in [4.78, 5) is 4.74. The number of hydrogen-bond donors (Lipinski definition) is 1. The number of rotatable bonds is 4. The third kappa shape index (κ3) is 2.37. The van der Waals surface area contributed by atoms with E-state index < -0.39 is 0 Å². The van der Waals surface area contributed by atoms with E-state index in [1.165, 1.54) is 12.8 Å². The van der Waals surface area contributed by atoms with Gasteiger partial charge in [-0.2, -0.15) is 0 Å². The van der Waals surface area contributed by atoms with Crippen LogP contribution in [-0.2, 0) is 7.05 Å². The Labute approximate surface area is 132 Å². The van der Waals surface area contributed by atoms with Crippen LogP contribution < -0.4 is 15.2 Å². The van der Waals surface area contributed by atoms with Gasteiger partial charge in [0, 0.05) is 23.0 Å². The molecular weight excluding hydrogens is 334 g/mol. The molecule has 1 aliphatic carbocycles. The van der Waals surface area contributed by atoms with Gasteiger partial charge in [0.05, 0.1) is 14.2 Å². The number of benzene rings is 1. The fourth-order valence-electron chi connectivity index (χ4n) is 2.47. The number of ether oxygens (including phenoxy) is 2. The normalized spacial score (nSPS) is 14.3. The molecule has 1 fully saturated rings. The van der Waals surface area contributed by atoms with Crippen LogP contribution in [0.1, 0.15) is 24.6 Å². The standard InChI is InChI=1S/C15H18BrN3O2/c1-19-14(17)13(18-15(19)8-4-5-8)9-6-11(20-2)12(21-3)7-10(9)16/h6-8H,4-5,17H2,1-3H3. The number of nitrogens with two attached hydrogens (primary N) is 1. The number of nitrogen functional groups attached to an aromatic ring is 1. The van der Waals surface area contributed by atoms with Crippen LogP contribution in [0.4, 0.5) is 5.82 Å². The first-order chi connectivity index (χ1) is 10.1. The van der Waals surface area contributed by atoms with Crippen molar-refractivity contribution >= 4 is 21.7 Å². The summed E-state index contributed by atoms with van der Waals surface area (Å²) >= 11 is 3.57. The van der Waals surface area contributed by atoms with Crippen molar-refractivity contribution in [2.24, 2.45) is 7.05 Å². The predicted octanol–water partition coefficient (Wildman–Crippen LogP) is 3.33. The van der Waals surface area contributed by atoms with Gasteiger partial charge in [0.1, 0.15) is 17.3 Å². The Balaban J connectivity index is 2.14. The number of aromatic nitrogens is 2. The van der Waals surface area contributed by atoms with E-state index in [9.17, 15) is 0 Å². The molecule has 0 bridgehead atoms. The molecule has 1 aromatic carbocycles. The van der Waals surface area contributed by atoms with Crippen molar-refractivity contribution in [1.29, 1.82) is 0 Å². The highest BCUT2D eigenvalue weighted by Crippen LogP contribution is 2.44. The molecule has 0 saturated heterocycles. The van der Waals surface area contributed by atoms with E-state index in [4.69, 9.17) is 20.2 Å². The van der Waals surface area contributed by atoms with Gasteiger partial charge in [-0.1, -0.05) is 0 Å².